The first-order valence-corrected chi connectivity index (χ1v) is 8.67. The molecule has 4 heterocycles. The number of H-pyrrole nitrogens is 1. The van der Waals surface area contributed by atoms with E-state index < -0.39 is 0 Å². The lowest BCUT2D eigenvalue weighted by molar-refractivity contribution is -0.134. The highest BCUT2D eigenvalue weighted by Gasteiger charge is 2.27. The third-order valence-corrected chi connectivity index (χ3v) is 4.98. The first-order valence-electron chi connectivity index (χ1n) is 8.67. The Morgan fingerprint density at radius 2 is 2.17 bits per heavy atom. The second kappa shape index (κ2) is 6.86. The minimum absolute atomic E-state index is 0.226. The third-order valence-electron chi connectivity index (χ3n) is 4.98. The number of carbonyl (C=O) groups excluding carboxylic acids is 1. The van der Waals surface area contributed by atoms with Crippen LogP contribution in [0.1, 0.15) is 24.5 Å². The zero-order chi connectivity index (χ0) is 16.4. The third kappa shape index (κ3) is 3.27. The van der Waals surface area contributed by atoms with Gasteiger partial charge in [-0.3, -0.25) is 14.8 Å². The number of hydrogen-bond donors (Lipinski definition) is 1. The zero-order valence-corrected chi connectivity index (χ0v) is 13.8. The molecule has 7 nitrogen and oxygen atoms in total. The van der Waals surface area contributed by atoms with Crippen LogP contribution < -0.4 is 0 Å². The lowest BCUT2D eigenvalue weighted by Crippen LogP contribution is -2.47. The number of pyridine rings is 1. The van der Waals surface area contributed by atoms with Crippen LogP contribution in [0.15, 0.2) is 18.3 Å². The van der Waals surface area contributed by atoms with E-state index >= 15 is 0 Å². The SMILES string of the molecule is O=C(CN1CCOCC1)N1CCCC(c2ccc3cn[nH]c3n2)C1. The number of nitrogens with zero attached hydrogens (tertiary/aromatic N) is 4. The highest BCUT2D eigenvalue weighted by atomic mass is 16.5. The Morgan fingerprint density at radius 3 is 3.04 bits per heavy atom. The second-order valence-electron chi connectivity index (χ2n) is 6.61. The van der Waals surface area contributed by atoms with E-state index in [2.05, 4.69) is 32.2 Å². The van der Waals surface area contributed by atoms with E-state index in [1.807, 2.05) is 4.90 Å². The summed E-state index contributed by atoms with van der Waals surface area (Å²) in [5.41, 5.74) is 1.87. The monoisotopic (exact) mass is 329 g/mol. The number of likely N-dealkylation sites (tertiary alicyclic amines) is 1. The van der Waals surface area contributed by atoms with E-state index in [4.69, 9.17) is 4.74 Å². The van der Waals surface area contributed by atoms with Gasteiger partial charge in [0, 0.05) is 43.2 Å². The topological polar surface area (TPSA) is 74.3 Å². The van der Waals surface area contributed by atoms with Crippen molar-refractivity contribution in [3.8, 4) is 0 Å². The molecule has 128 valence electrons. The van der Waals surface area contributed by atoms with Gasteiger partial charge in [0.2, 0.25) is 5.91 Å². The van der Waals surface area contributed by atoms with E-state index in [9.17, 15) is 4.79 Å². The molecule has 0 aliphatic carbocycles. The summed E-state index contributed by atoms with van der Waals surface area (Å²) >= 11 is 0. The summed E-state index contributed by atoms with van der Waals surface area (Å²) in [7, 11) is 0. The van der Waals surface area contributed by atoms with Crippen LogP contribution in [0.25, 0.3) is 11.0 Å². The van der Waals surface area contributed by atoms with Crippen LogP contribution in [0.5, 0.6) is 0 Å². The number of nitrogens with one attached hydrogen (secondary N) is 1. The number of hydrogen-bond acceptors (Lipinski definition) is 5. The van der Waals surface area contributed by atoms with Crippen molar-refractivity contribution in [2.24, 2.45) is 0 Å². The van der Waals surface area contributed by atoms with Crippen LogP contribution in [0.4, 0.5) is 0 Å². The van der Waals surface area contributed by atoms with Gasteiger partial charge in [-0.25, -0.2) is 4.98 Å². The zero-order valence-electron chi connectivity index (χ0n) is 13.8. The van der Waals surface area contributed by atoms with Crippen LogP contribution in [0, 0.1) is 0 Å². The molecule has 2 aromatic rings. The number of carbonyl (C=O) groups is 1. The summed E-state index contributed by atoms with van der Waals surface area (Å²) in [5.74, 6) is 0.532. The molecule has 1 unspecified atom stereocenters. The fourth-order valence-electron chi connectivity index (χ4n) is 3.56. The average molecular weight is 329 g/mol. The van der Waals surface area contributed by atoms with Crippen molar-refractivity contribution in [3.63, 3.8) is 0 Å². The number of piperidine rings is 1. The molecule has 1 amide bonds. The number of aromatic nitrogens is 3. The quantitative estimate of drug-likeness (QED) is 0.909. The van der Waals surface area contributed by atoms with Crippen LogP contribution >= 0.6 is 0 Å². The number of fused-ring (bicyclic) bond motifs is 1. The molecule has 2 fully saturated rings. The summed E-state index contributed by atoms with van der Waals surface area (Å²) in [6, 6.07) is 4.12. The Bertz CT molecular complexity index is 710. The largest absolute Gasteiger partial charge is 0.379 e. The molecular weight excluding hydrogens is 306 g/mol. The Hall–Kier alpha value is -1.99. The Kier molecular flexibility index (Phi) is 4.44. The van der Waals surface area contributed by atoms with Crippen molar-refractivity contribution < 1.29 is 9.53 Å². The van der Waals surface area contributed by atoms with Crippen molar-refractivity contribution in [2.75, 3.05) is 45.9 Å². The second-order valence-corrected chi connectivity index (χ2v) is 6.61. The Labute approximate surface area is 141 Å². The molecule has 2 saturated heterocycles. The summed E-state index contributed by atoms with van der Waals surface area (Å²) in [6.45, 7) is 5.26. The van der Waals surface area contributed by atoms with Crippen molar-refractivity contribution in [3.05, 3.63) is 24.0 Å². The van der Waals surface area contributed by atoms with Gasteiger partial charge in [0.1, 0.15) is 0 Å². The predicted octanol–water partition coefficient (Wildman–Crippen LogP) is 0.996. The van der Waals surface area contributed by atoms with E-state index in [-0.39, 0.29) is 5.91 Å². The number of rotatable bonds is 3. The normalized spacial score (nSPS) is 22.8. The van der Waals surface area contributed by atoms with E-state index in [0.29, 0.717) is 12.5 Å². The van der Waals surface area contributed by atoms with Crippen molar-refractivity contribution >= 4 is 16.9 Å². The fourth-order valence-corrected chi connectivity index (χ4v) is 3.56. The standard InChI is InChI=1S/C17H23N5O2/c23-16(12-21-6-8-24-9-7-21)22-5-1-2-14(11-22)15-4-3-13-10-18-20-17(13)19-15/h3-4,10,14H,1-2,5-9,11-12H2,(H,18,19,20). The Morgan fingerprint density at radius 1 is 1.29 bits per heavy atom. The van der Waals surface area contributed by atoms with E-state index in [1.54, 1.807) is 6.20 Å². The molecule has 0 bridgehead atoms. The van der Waals surface area contributed by atoms with Crippen molar-refractivity contribution in [2.45, 2.75) is 18.8 Å². The lowest BCUT2D eigenvalue weighted by atomic mass is 9.94. The van der Waals surface area contributed by atoms with Gasteiger partial charge < -0.3 is 9.64 Å². The molecule has 1 N–H and O–H groups in total. The maximum atomic E-state index is 12.6. The van der Waals surface area contributed by atoms with E-state index in [1.165, 1.54) is 0 Å². The molecule has 2 aliphatic rings. The fraction of sp³-hybridized carbons (Fsp3) is 0.588. The Balaban J connectivity index is 1.41. The molecule has 2 aromatic heterocycles. The van der Waals surface area contributed by atoms with E-state index in [0.717, 1.165) is 69.0 Å². The lowest BCUT2D eigenvalue weighted by Gasteiger charge is -2.34. The van der Waals surface area contributed by atoms with Crippen molar-refractivity contribution in [1.82, 2.24) is 25.0 Å². The van der Waals surface area contributed by atoms with Gasteiger partial charge in [0.25, 0.3) is 0 Å². The van der Waals surface area contributed by atoms with Crippen LogP contribution in [-0.2, 0) is 9.53 Å². The molecule has 0 radical (unpaired) electrons. The van der Waals surface area contributed by atoms with Gasteiger partial charge in [0.05, 0.1) is 26.0 Å². The minimum atomic E-state index is 0.226. The van der Waals surface area contributed by atoms with Gasteiger partial charge in [-0.15, -0.1) is 0 Å². The molecule has 0 aromatic carbocycles. The molecule has 0 saturated carbocycles. The first kappa shape index (κ1) is 15.5. The molecule has 7 heteroatoms. The minimum Gasteiger partial charge on any atom is -0.379 e. The predicted molar refractivity (Wildman–Crippen MR) is 89.7 cm³/mol. The number of ether oxygens (including phenoxy) is 1. The summed E-state index contributed by atoms with van der Waals surface area (Å²) in [6.07, 6.45) is 3.89. The molecule has 0 spiro atoms. The van der Waals surface area contributed by atoms with Gasteiger partial charge in [-0.2, -0.15) is 5.10 Å². The molecular formula is C17H23N5O2. The first-order chi connectivity index (χ1) is 11.8. The van der Waals surface area contributed by atoms with Crippen molar-refractivity contribution in [1.29, 1.82) is 0 Å². The number of amides is 1. The van der Waals surface area contributed by atoms with Crippen LogP contribution in [-0.4, -0.2) is 76.8 Å². The van der Waals surface area contributed by atoms with Gasteiger partial charge >= 0.3 is 0 Å². The van der Waals surface area contributed by atoms with Gasteiger partial charge in [-0.1, -0.05) is 0 Å². The molecule has 2 aliphatic heterocycles. The highest BCUT2D eigenvalue weighted by Crippen LogP contribution is 2.26. The summed E-state index contributed by atoms with van der Waals surface area (Å²) in [4.78, 5) is 21.5. The van der Waals surface area contributed by atoms with Gasteiger partial charge in [0.15, 0.2) is 5.65 Å². The maximum Gasteiger partial charge on any atom is 0.236 e. The van der Waals surface area contributed by atoms with Crippen LogP contribution in [0.2, 0.25) is 0 Å². The summed E-state index contributed by atoms with van der Waals surface area (Å²) in [5, 5.41) is 7.98. The smallest absolute Gasteiger partial charge is 0.236 e. The highest BCUT2D eigenvalue weighted by molar-refractivity contribution is 5.78. The van der Waals surface area contributed by atoms with Gasteiger partial charge in [-0.05, 0) is 25.0 Å². The number of aromatic amines is 1. The summed E-state index contributed by atoms with van der Waals surface area (Å²) < 4.78 is 5.35. The van der Waals surface area contributed by atoms with Crippen LogP contribution in [0.3, 0.4) is 0 Å². The molecule has 1 atom stereocenters. The number of morpholine rings is 1. The average Bonchev–Trinajstić information content (AvgIpc) is 3.10. The maximum absolute atomic E-state index is 12.6. The molecule has 24 heavy (non-hydrogen) atoms. The molecule has 4 rings (SSSR count).